The minimum absolute atomic E-state index is 0.183. The van der Waals surface area contributed by atoms with Crippen LogP contribution in [0.2, 0.25) is 0 Å². The third-order valence-corrected chi connectivity index (χ3v) is 2.49. The molecule has 0 spiro atoms. The molecule has 0 saturated carbocycles. The van der Waals surface area contributed by atoms with Gasteiger partial charge in [-0.05, 0) is 31.2 Å². The second-order valence-electron chi connectivity index (χ2n) is 3.83. The van der Waals surface area contributed by atoms with Gasteiger partial charge in [0.15, 0.2) is 0 Å². The zero-order valence-electron chi connectivity index (χ0n) is 10.3. The van der Waals surface area contributed by atoms with Crippen molar-refractivity contribution in [3.63, 3.8) is 0 Å². The highest BCUT2D eigenvalue weighted by Gasteiger charge is 2.19. The van der Waals surface area contributed by atoms with E-state index < -0.39 is 6.04 Å². The van der Waals surface area contributed by atoms with Crippen LogP contribution in [-0.2, 0) is 9.53 Å². The van der Waals surface area contributed by atoms with Gasteiger partial charge in [0.25, 0.3) is 0 Å². The Morgan fingerprint density at radius 2 is 2.06 bits per heavy atom. The van der Waals surface area contributed by atoms with Crippen LogP contribution in [0.4, 0.5) is 0 Å². The molecule has 0 heterocycles. The van der Waals surface area contributed by atoms with Gasteiger partial charge < -0.3 is 15.2 Å². The zero-order valence-corrected chi connectivity index (χ0v) is 10.3. The van der Waals surface area contributed by atoms with E-state index in [1.165, 1.54) is 0 Å². The summed E-state index contributed by atoms with van der Waals surface area (Å²) in [4.78, 5) is 11.8. The summed E-state index contributed by atoms with van der Waals surface area (Å²) >= 11 is 0. The lowest BCUT2D eigenvalue weighted by atomic mass is 10.1. The molecule has 0 aromatic heterocycles. The molecule has 0 aliphatic rings. The Bertz CT molecular complexity index is 348. The number of unbranched alkanes of at least 4 members (excludes halogenated alkanes) is 1. The highest BCUT2D eigenvalue weighted by molar-refractivity contribution is 5.77. The van der Waals surface area contributed by atoms with Gasteiger partial charge in [-0.15, -0.1) is 0 Å². The van der Waals surface area contributed by atoms with Crippen molar-refractivity contribution >= 4 is 5.97 Å². The molecule has 1 aromatic carbocycles. The van der Waals surface area contributed by atoms with Gasteiger partial charge in [0.05, 0.1) is 6.61 Å². The average Bonchev–Trinajstić information content (AvgIpc) is 2.33. The quantitative estimate of drug-likeness (QED) is 0.587. The molecule has 0 saturated heterocycles. The average molecular weight is 237 g/mol. The van der Waals surface area contributed by atoms with Crippen LogP contribution in [0.25, 0.3) is 0 Å². The number of benzene rings is 1. The number of aromatic hydroxyl groups is 1. The van der Waals surface area contributed by atoms with E-state index in [9.17, 15) is 9.90 Å². The Morgan fingerprint density at radius 3 is 2.59 bits per heavy atom. The van der Waals surface area contributed by atoms with E-state index in [2.05, 4.69) is 5.32 Å². The molecule has 4 nitrogen and oxygen atoms in total. The van der Waals surface area contributed by atoms with E-state index in [4.69, 9.17) is 4.74 Å². The third kappa shape index (κ3) is 4.07. The minimum atomic E-state index is -0.479. The number of ether oxygens (including phenoxy) is 1. The summed E-state index contributed by atoms with van der Waals surface area (Å²) in [6.07, 6.45) is 1.87. The molecule has 0 aliphatic carbocycles. The van der Waals surface area contributed by atoms with Crippen molar-refractivity contribution in [2.24, 2.45) is 0 Å². The number of rotatable bonds is 6. The second-order valence-corrected chi connectivity index (χ2v) is 3.83. The van der Waals surface area contributed by atoms with Crippen LogP contribution in [0.1, 0.15) is 31.4 Å². The van der Waals surface area contributed by atoms with Crippen molar-refractivity contribution in [3.8, 4) is 5.75 Å². The maximum atomic E-state index is 11.8. The second kappa shape index (κ2) is 6.91. The molecular weight excluding hydrogens is 218 g/mol. The normalized spacial score (nSPS) is 12.1. The van der Waals surface area contributed by atoms with E-state index in [1.54, 1.807) is 31.3 Å². The fourth-order valence-electron chi connectivity index (χ4n) is 1.49. The van der Waals surface area contributed by atoms with E-state index >= 15 is 0 Å². The van der Waals surface area contributed by atoms with Crippen molar-refractivity contribution in [2.75, 3.05) is 13.7 Å². The first kappa shape index (κ1) is 13.5. The molecular formula is C13H19NO3. The predicted molar refractivity (Wildman–Crippen MR) is 65.8 cm³/mol. The number of carbonyl (C=O) groups excluding carboxylic acids is 1. The van der Waals surface area contributed by atoms with Gasteiger partial charge >= 0.3 is 5.97 Å². The van der Waals surface area contributed by atoms with E-state index in [0.29, 0.717) is 6.61 Å². The first-order valence-electron chi connectivity index (χ1n) is 5.82. The number of carbonyl (C=O) groups is 1. The topological polar surface area (TPSA) is 58.6 Å². The number of nitrogens with one attached hydrogen (secondary N) is 1. The number of phenolic OH excluding ortho intramolecular Hbond substituents is 1. The van der Waals surface area contributed by atoms with Gasteiger partial charge in [0, 0.05) is 0 Å². The zero-order chi connectivity index (χ0) is 12.7. The summed E-state index contributed by atoms with van der Waals surface area (Å²) in [6, 6.07) is 6.04. The maximum absolute atomic E-state index is 11.8. The van der Waals surface area contributed by atoms with Gasteiger partial charge in [-0.25, -0.2) is 4.79 Å². The van der Waals surface area contributed by atoms with Crippen LogP contribution < -0.4 is 5.32 Å². The summed E-state index contributed by atoms with van der Waals surface area (Å²) in [5.74, 6) is -0.102. The fraction of sp³-hybridized carbons (Fsp3) is 0.462. The Labute approximate surface area is 102 Å². The minimum Gasteiger partial charge on any atom is -0.508 e. The first-order valence-corrected chi connectivity index (χ1v) is 5.82. The van der Waals surface area contributed by atoms with E-state index in [0.717, 1.165) is 18.4 Å². The lowest BCUT2D eigenvalue weighted by Gasteiger charge is -2.15. The summed E-state index contributed by atoms with van der Waals surface area (Å²) in [5, 5.41) is 12.1. The van der Waals surface area contributed by atoms with Gasteiger partial charge in [-0.3, -0.25) is 0 Å². The smallest absolute Gasteiger partial charge is 0.327 e. The molecule has 2 N–H and O–H groups in total. The van der Waals surface area contributed by atoms with Crippen LogP contribution in [0.5, 0.6) is 5.75 Å². The molecule has 1 aromatic rings. The van der Waals surface area contributed by atoms with Gasteiger partial charge in [-0.1, -0.05) is 25.5 Å². The fourth-order valence-corrected chi connectivity index (χ4v) is 1.49. The summed E-state index contributed by atoms with van der Waals surface area (Å²) in [5.41, 5.74) is 0.784. The molecule has 0 amide bonds. The van der Waals surface area contributed by atoms with Crippen LogP contribution in [-0.4, -0.2) is 24.7 Å². The van der Waals surface area contributed by atoms with Crippen molar-refractivity contribution in [1.29, 1.82) is 0 Å². The summed E-state index contributed by atoms with van der Waals surface area (Å²) < 4.78 is 5.16. The highest BCUT2D eigenvalue weighted by atomic mass is 16.5. The molecule has 0 radical (unpaired) electrons. The van der Waals surface area contributed by atoms with Gasteiger partial charge in [0.2, 0.25) is 0 Å². The Morgan fingerprint density at radius 1 is 1.41 bits per heavy atom. The molecule has 1 rings (SSSR count). The van der Waals surface area contributed by atoms with E-state index in [-0.39, 0.29) is 11.7 Å². The van der Waals surface area contributed by atoms with Crippen LogP contribution in [0, 0.1) is 0 Å². The van der Waals surface area contributed by atoms with Crippen molar-refractivity contribution in [1.82, 2.24) is 5.32 Å². The SMILES string of the molecule is CCCCOC(=O)C(NC)c1ccc(O)cc1. The van der Waals surface area contributed by atoms with E-state index in [1.807, 2.05) is 6.92 Å². The number of hydrogen-bond acceptors (Lipinski definition) is 4. The largest absolute Gasteiger partial charge is 0.508 e. The monoisotopic (exact) mass is 237 g/mol. The van der Waals surface area contributed by atoms with Crippen LogP contribution >= 0.6 is 0 Å². The Balaban J connectivity index is 2.64. The number of phenols is 1. The molecule has 0 fully saturated rings. The summed E-state index contributed by atoms with van der Waals surface area (Å²) in [7, 11) is 1.71. The molecule has 17 heavy (non-hydrogen) atoms. The lowest BCUT2D eigenvalue weighted by molar-refractivity contribution is -0.146. The lowest BCUT2D eigenvalue weighted by Crippen LogP contribution is -2.27. The number of esters is 1. The molecule has 0 aliphatic heterocycles. The van der Waals surface area contributed by atoms with Gasteiger partial charge in [-0.2, -0.15) is 0 Å². The number of likely N-dealkylation sites (N-methyl/N-ethyl adjacent to an activating group) is 1. The van der Waals surface area contributed by atoms with Crippen molar-refractivity contribution < 1.29 is 14.6 Å². The number of hydrogen-bond donors (Lipinski definition) is 2. The summed E-state index contributed by atoms with van der Waals surface area (Å²) in [6.45, 7) is 2.49. The molecule has 1 unspecified atom stereocenters. The molecule has 1 atom stereocenters. The van der Waals surface area contributed by atoms with Crippen LogP contribution in [0.15, 0.2) is 24.3 Å². The van der Waals surface area contributed by atoms with Crippen molar-refractivity contribution in [3.05, 3.63) is 29.8 Å². The molecule has 4 heteroatoms. The predicted octanol–water partition coefficient (Wildman–Crippen LogP) is 2.00. The van der Waals surface area contributed by atoms with Crippen molar-refractivity contribution in [2.45, 2.75) is 25.8 Å². The van der Waals surface area contributed by atoms with Gasteiger partial charge in [0.1, 0.15) is 11.8 Å². The maximum Gasteiger partial charge on any atom is 0.327 e. The first-order chi connectivity index (χ1) is 8.19. The standard InChI is InChI=1S/C13H19NO3/c1-3-4-9-17-13(16)12(14-2)10-5-7-11(15)8-6-10/h5-8,12,14-15H,3-4,9H2,1-2H3. The highest BCUT2D eigenvalue weighted by Crippen LogP contribution is 2.17. The molecule has 0 bridgehead atoms. The molecule has 94 valence electrons. The van der Waals surface area contributed by atoms with Crippen LogP contribution in [0.3, 0.4) is 0 Å². The Kier molecular flexibility index (Phi) is 5.49. The Hall–Kier alpha value is -1.55. The third-order valence-electron chi connectivity index (χ3n) is 2.49.